The zero-order valence-corrected chi connectivity index (χ0v) is 19.7. The van der Waals surface area contributed by atoms with Gasteiger partial charge in [0.15, 0.2) is 0 Å². The van der Waals surface area contributed by atoms with Crippen molar-refractivity contribution in [3.63, 3.8) is 0 Å². The van der Waals surface area contributed by atoms with E-state index >= 15 is 0 Å². The SMILES string of the molecule is CC[C@](C)(C(=O)NC1CCCCC1)N(Cc1cccs1)C(=O)CNC(=O)c1ccccc1. The third kappa shape index (κ3) is 5.97. The van der Waals surface area contributed by atoms with Crippen molar-refractivity contribution in [2.24, 2.45) is 0 Å². The van der Waals surface area contributed by atoms with Crippen molar-refractivity contribution in [1.82, 2.24) is 15.5 Å². The summed E-state index contributed by atoms with van der Waals surface area (Å²) in [6.45, 7) is 3.93. The first-order valence-corrected chi connectivity index (χ1v) is 12.3. The maximum absolute atomic E-state index is 13.4. The zero-order valence-electron chi connectivity index (χ0n) is 18.9. The maximum Gasteiger partial charge on any atom is 0.251 e. The van der Waals surface area contributed by atoms with Gasteiger partial charge in [0.2, 0.25) is 11.8 Å². The molecule has 1 atom stereocenters. The molecular formula is C25H33N3O3S. The number of amides is 3. The van der Waals surface area contributed by atoms with Crippen LogP contribution < -0.4 is 10.6 Å². The summed E-state index contributed by atoms with van der Waals surface area (Å²) in [5, 5.41) is 7.88. The van der Waals surface area contributed by atoms with Gasteiger partial charge in [-0.2, -0.15) is 0 Å². The molecule has 1 aliphatic carbocycles. The van der Waals surface area contributed by atoms with E-state index in [1.165, 1.54) is 6.42 Å². The first kappa shape index (κ1) is 24.0. The molecule has 0 unspecified atom stereocenters. The Morgan fingerprint density at radius 1 is 1.06 bits per heavy atom. The Kier molecular flexibility index (Phi) is 8.45. The molecule has 0 spiro atoms. The van der Waals surface area contributed by atoms with Crippen molar-refractivity contribution >= 4 is 29.1 Å². The average molecular weight is 456 g/mol. The van der Waals surface area contributed by atoms with Gasteiger partial charge in [-0.1, -0.05) is 50.5 Å². The van der Waals surface area contributed by atoms with Crippen molar-refractivity contribution in [2.45, 2.75) is 70.5 Å². The predicted octanol–water partition coefficient (Wildman–Crippen LogP) is 4.12. The van der Waals surface area contributed by atoms with Gasteiger partial charge < -0.3 is 15.5 Å². The van der Waals surface area contributed by atoms with Crippen LogP contribution in [0.4, 0.5) is 0 Å². The molecule has 2 N–H and O–H groups in total. The van der Waals surface area contributed by atoms with Gasteiger partial charge in [0.1, 0.15) is 5.54 Å². The van der Waals surface area contributed by atoms with Crippen LogP contribution in [-0.4, -0.2) is 40.7 Å². The minimum absolute atomic E-state index is 0.119. The zero-order chi connectivity index (χ0) is 23.0. The smallest absolute Gasteiger partial charge is 0.251 e. The van der Waals surface area contributed by atoms with Crippen LogP contribution in [0.3, 0.4) is 0 Å². The van der Waals surface area contributed by atoms with Crippen LogP contribution in [0.1, 0.15) is 67.6 Å². The molecule has 1 aromatic carbocycles. The predicted molar refractivity (Wildman–Crippen MR) is 127 cm³/mol. The number of carbonyl (C=O) groups is 3. The van der Waals surface area contributed by atoms with Gasteiger partial charge in [0.05, 0.1) is 13.1 Å². The third-order valence-corrected chi connectivity index (χ3v) is 7.21. The number of rotatable bonds is 9. The molecule has 6 nitrogen and oxygen atoms in total. The topological polar surface area (TPSA) is 78.5 Å². The van der Waals surface area contributed by atoms with Crippen LogP contribution in [0.25, 0.3) is 0 Å². The Morgan fingerprint density at radius 3 is 2.41 bits per heavy atom. The molecule has 0 saturated heterocycles. The molecular weight excluding hydrogens is 422 g/mol. The molecule has 2 aromatic rings. The molecule has 32 heavy (non-hydrogen) atoms. The highest BCUT2D eigenvalue weighted by Crippen LogP contribution is 2.26. The summed E-state index contributed by atoms with van der Waals surface area (Å²) < 4.78 is 0. The molecule has 3 amide bonds. The summed E-state index contributed by atoms with van der Waals surface area (Å²) in [6, 6.07) is 12.9. The first-order valence-electron chi connectivity index (χ1n) is 11.4. The van der Waals surface area contributed by atoms with Crippen LogP contribution in [0.5, 0.6) is 0 Å². The fourth-order valence-corrected chi connectivity index (χ4v) is 4.79. The minimum atomic E-state index is -1.00. The van der Waals surface area contributed by atoms with E-state index in [-0.39, 0.29) is 30.3 Å². The summed E-state index contributed by atoms with van der Waals surface area (Å²) in [7, 11) is 0. The Morgan fingerprint density at radius 2 is 1.78 bits per heavy atom. The van der Waals surface area contributed by atoms with Crippen molar-refractivity contribution in [2.75, 3.05) is 6.54 Å². The molecule has 1 fully saturated rings. The lowest BCUT2D eigenvalue weighted by Gasteiger charge is -2.40. The fraction of sp³-hybridized carbons (Fsp3) is 0.480. The van der Waals surface area contributed by atoms with Crippen LogP contribution in [0.15, 0.2) is 47.8 Å². The summed E-state index contributed by atoms with van der Waals surface area (Å²) in [5.74, 6) is -0.697. The molecule has 1 aromatic heterocycles. The second-order valence-corrected chi connectivity index (χ2v) is 9.58. The molecule has 1 aliphatic rings. The number of nitrogens with one attached hydrogen (secondary N) is 2. The lowest BCUT2D eigenvalue weighted by Crippen LogP contribution is -2.61. The monoisotopic (exact) mass is 455 g/mol. The summed E-state index contributed by atoms with van der Waals surface area (Å²) in [5.41, 5.74) is -0.505. The van der Waals surface area contributed by atoms with Gasteiger partial charge in [-0.3, -0.25) is 14.4 Å². The van der Waals surface area contributed by atoms with Crippen molar-refractivity contribution in [1.29, 1.82) is 0 Å². The molecule has 7 heteroatoms. The average Bonchev–Trinajstić information content (AvgIpc) is 3.35. The summed E-state index contributed by atoms with van der Waals surface area (Å²) in [6.07, 6.45) is 5.90. The van der Waals surface area contributed by atoms with E-state index < -0.39 is 5.54 Å². The Hall–Kier alpha value is -2.67. The number of hydrogen-bond donors (Lipinski definition) is 2. The number of carbonyl (C=O) groups excluding carboxylic acids is 3. The minimum Gasteiger partial charge on any atom is -0.351 e. The fourth-order valence-electron chi connectivity index (χ4n) is 4.10. The highest BCUT2D eigenvalue weighted by Gasteiger charge is 2.41. The van der Waals surface area contributed by atoms with Crippen LogP contribution in [0.2, 0.25) is 0 Å². The van der Waals surface area contributed by atoms with Crippen LogP contribution >= 0.6 is 11.3 Å². The van der Waals surface area contributed by atoms with Crippen molar-refractivity contribution in [3.8, 4) is 0 Å². The molecule has 0 aliphatic heterocycles. The lowest BCUT2D eigenvalue weighted by atomic mass is 9.91. The van der Waals surface area contributed by atoms with E-state index in [1.54, 1.807) is 40.5 Å². The molecule has 3 rings (SSSR count). The molecule has 1 saturated carbocycles. The molecule has 0 bridgehead atoms. The largest absolute Gasteiger partial charge is 0.351 e. The van der Waals surface area contributed by atoms with Crippen LogP contribution in [-0.2, 0) is 16.1 Å². The van der Waals surface area contributed by atoms with Crippen LogP contribution in [0, 0.1) is 0 Å². The number of hydrogen-bond acceptors (Lipinski definition) is 4. The highest BCUT2D eigenvalue weighted by molar-refractivity contribution is 7.09. The first-order chi connectivity index (χ1) is 15.4. The van der Waals surface area contributed by atoms with Gasteiger partial charge in [0, 0.05) is 16.5 Å². The molecule has 1 heterocycles. The molecule has 0 radical (unpaired) electrons. The van der Waals surface area contributed by atoms with Crippen molar-refractivity contribution in [3.05, 3.63) is 58.3 Å². The van der Waals surface area contributed by atoms with E-state index in [2.05, 4.69) is 10.6 Å². The van der Waals surface area contributed by atoms with Gasteiger partial charge in [-0.25, -0.2) is 0 Å². The van der Waals surface area contributed by atoms with E-state index in [0.29, 0.717) is 18.5 Å². The normalized spacial score (nSPS) is 16.1. The van der Waals surface area contributed by atoms with E-state index in [9.17, 15) is 14.4 Å². The standard InChI is InChI=1S/C25H33N3O3S/c1-3-25(2,24(31)27-20-13-8-5-9-14-20)28(18-21-15-10-16-32-21)22(29)17-26-23(30)19-11-6-4-7-12-19/h4,6-7,10-12,15-16,20H,3,5,8-9,13-14,17-18H2,1-2H3,(H,26,30)(H,27,31)/t25-/m1/s1. The Bertz CT molecular complexity index is 894. The van der Waals surface area contributed by atoms with E-state index in [4.69, 9.17) is 0 Å². The van der Waals surface area contributed by atoms with Crippen molar-refractivity contribution < 1.29 is 14.4 Å². The summed E-state index contributed by atoms with van der Waals surface area (Å²) >= 11 is 1.55. The maximum atomic E-state index is 13.4. The van der Waals surface area contributed by atoms with Gasteiger partial charge in [0.25, 0.3) is 5.91 Å². The lowest BCUT2D eigenvalue weighted by molar-refractivity contribution is -0.148. The number of thiophene rings is 1. The van der Waals surface area contributed by atoms with Gasteiger partial charge in [-0.05, 0) is 49.8 Å². The second-order valence-electron chi connectivity index (χ2n) is 8.54. The Labute approximate surface area is 194 Å². The summed E-state index contributed by atoms with van der Waals surface area (Å²) in [4.78, 5) is 41.8. The van der Waals surface area contributed by atoms with Gasteiger partial charge in [-0.15, -0.1) is 11.3 Å². The number of nitrogens with zero attached hydrogens (tertiary/aromatic N) is 1. The van der Waals surface area contributed by atoms with Gasteiger partial charge >= 0.3 is 0 Å². The highest BCUT2D eigenvalue weighted by atomic mass is 32.1. The van der Waals surface area contributed by atoms with E-state index in [1.807, 2.05) is 37.4 Å². The second kappa shape index (κ2) is 11.3. The third-order valence-electron chi connectivity index (χ3n) is 6.34. The Balaban J connectivity index is 1.75. The quantitative estimate of drug-likeness (QED) is 0.597. The molecule has 172 valence electrons. The van der Waals surface area contributed by atoms with E-state index in [0.717, 1.165) is 30.6 Å². The number of benzene rings is 1.